The molecule has 2 unspecified atom stereocenters. The standard InChI is InChI=1S/C12H18N2O3.Na/c1-3-4-8-6-5-7(2)12(8)9(15)13-11(17)14-10(12)16;/h7-8H,3-6H2,1-2H3,(H2,13,14,15,16,17);/q;+1. The fourth-order valence-electron chi connectivity index (χ4n) is 3.40. The van der Waals surface area contributed by atoms with E-state index in [1.807, 2.05) is 13.8 Å². The first-order valence-electron chi connectivity index (χ1n) is 6.20. The van der Waals surface area contributed by atoms with Crippen LogP contribution in [0.2, 0.25) is 0 Å². The van der Waals surface area contributed by atoms with E-state index in [2.05, 4.69) is 10.6 Å². The summed E-state index contributed by atoms with van der Waals surface area (Å²) in [7, 11) is 0. The van der Waals surface area contributed by atoms with Crippen LogP contribution in [0.4, 0.5) is 4.79 Å². The summed E-state index contributed by atoms with van der Waals surface area (Å²) < 4.78 is 0. The zero-order chi connectivity index (χ0) is 12.6. The maximum atomic E-state index is 12.1. The normalized spacial score (nSPS) is 29.8. The number of rotatable bonds is 2. The van der Waals surface area contributed by atoms with Gasteiger partial charge in [0.05, 0.1) is 0 Å². The van der Waals surface area contributed by atoms with E-state index in [4.69, 9.17) is 0 Å². The summed E-state index contributed by atoms with van der Waals surface area (Å²) in [5, 5.41) is 4.50. The molecule has 0 bridgehead atoms. The van der Waals surface area contributed by atoms with Crippen molar-refractivity contribution in [2.75, 3.05) is 0 Å². The third-order valence-corrected chi connectivity index (χ3v) is 4.21. The van der Waals surface area contributed by atoms with Crippen molar-refractivity contribution >= 4 is 17.8 Å². The largest absolute Gasteiger partial charge is 1.00 e. The van der Waals surface area contributed by atoms with Crippen molar-refractivity contribution in [2.24, 2.45) is 17.3 Å². The second-order valence-electron chi connectivity index (χ2n) is 5.07. The fraction of sp³-hybridized carbons (Fsp3) is 0.750. The minimum absolute atomic E-state index is 0. The predicted octanol–water partition coefficient (Wildman–Crippen LogP) is -1.81. The van der Waals surface area contributed by atoms with Gasteiger partial charge in [-0.2, -0.15) is 0 Å². The Balaban J connectivity index is 0.00000162. The molecule has 0 aromatic heterocycles. The van der Waals surface area contributed by atoms with Crippen LogP contribution in [0.5, 0.6) is 0 Å². The third kappa shape index (κ3) is 2.12. The molecule has 1 spiro atoms. The summed E-state index contributed by atoms with van der Waals surface area (Å²) in [6.07, 6.45) is 3.52. The Hall–Kier alpha value is -0.390. The van der Waals surface area contributed by atoms with Gasteiger partial charge in [0.1, 0.15) is 5.41 Å². The second-order valence-corrected chi connectivity index (χ2v) is 5.07. The van der Waals surface area contributed by atoms with E-state index in [1.165, 1.54) is 0 Å². The Labute approximate surface area is 129 Å². The van der Waals surface area contributed by atoms with Crippen LogP contribution < -0.4 is 40.2 Å². The molecule has 2 aliphatic rings. The van der Waals surface area contributed by atoms with Gasteiger partial charge in [0, 0.05) is 0 Å². The van der Waals surface area contributed by atoms with E-state index >= 15 is 0 Å². The summed E-state index contributed by atoms with van der Waals surface area (Å²) in [4.78, 5) is 35.4. The van der Waals surface area contributed by atoms with Gasteiger partial charge in [-0.05, 0) is 31.1 Å². The number of hydrogen-bond donors (Lipinski definition) is 2. The second kappa shape index (κ2) is 5.72. The van der Waals surface area contributed by atoms with Crippen LogP contribution in [-0.2, 0) is 9.59 Å². The van der Waals surface area contributed by atoms with Gasteiger partial charge < -0.3 is 0 Å². The van der Waals surface area contributed by atoms with Crippen LogP contribution >= 0.6 is 0 Å². The summed E-state index contributed by atoms with van der Waals surface area (Å²) in [5.74, 6) is -0.771. The molecular formula is C12H18N2NaO3+. The molecule has 4 amide bonds. The number of urea groups is 1. The molecule has 1 aliphatic heterocycles. The third-order valence-electron chi connectivity index (χ3n) is 4.21. The molecule has 0 aromatic rings. The number of carbonyl (C=O) groups is 3. The molecule has 18 heavy (non-hydrogen) atoms. The van der Waals surface area contributed by atoms with Crippen LogP contribution in [0.3, 0.4) is 0 Å². The van der Waals surface area contributed by atoms with E-state index in [9.17, 15) is 14.4 Å². The Morgan fingerprint density at radius 2 is 1.72 bits per heavy atom. The molecule has 1 saturated heterocycles. The first kappa shape index (κ1) is 15.7. The van der Waals surface area contributed by atoms with Crippen molar-refractivity contribution in [3.63, 3.8) is 0 Å². The first-order valence-corrected chi connectivity index (χ1v) is 6.20. The number of hydrogen-bond acceptors (Lipinski definition) is 3. The summed E-state index contributed by atoms with van der Waals surface area (Å²) in [6, 6.07) is -0.694. The molecule has 1 heterocycles. The topological polar surface area (TPSA) is 75.3 Å². The Morgan fingerprint density at radius 1 is 1.17 bits per heavy atom. The molecule has 6 heteroatoms. The number of nitrogens with one attached hydrogen (secondary N) is 2. The van der Waals surface area contributed by atoms with E-state index in [1.54, 1.807) is 0 Å². The fourth-order valence-corrected chi connectivity index (χ4v) is 3.40. The quantitative estimate of drug-likeness (QED) is 0.454. The number of barbiturate groups is 1. The van der Waals surface area contributed by atoms with Crippen LogP contribution in [0.25, 0.3) is 0 Å². The zero-order valence-electron chi connectivity index (χ0n) is 11.2. The molecule has 0 radical (unpaired) electrons. The molecule has 0 aromatic carbocycles. The van der Waals surface area contributed by atoms with Gasteiger partial charge in [-0.3, -0.25) is 20.2 Å². The molecule has 94 valence electrons. The van der Waals surface area contributed by atoms with Crippen molar-refractivity contribution in [2.45, 2.75) is 39.5 Å². The molecule has 2 rings (SSSR count). The minimum Gasteiger partial charge on any atom is -0.277 e. The summed E-state index contributed by atoms with van der Waals surface area (Å²) in [5.41, 5.74) is -1.02. The maximum Gasteiger partial charge on any atom is 1.00 e. The van der Waals surface area contributed by atoms with Gasteiger partial charge in [0.2, 0.25) is 11.8 Å². The van der Waals surface area contributed by atoms with E-state index in [0.29, 0.717) is 0 Å². The van der Waals surface area contributed by atoms with Gasteiger partial charge in [-0.25, -0.2) is 4.79 Å². The van der Waals surface area contributed by atoms with Crippen LogP contribution in [-0.4, -0.2) is 17.8 Å². The van der Waals surface area contributed by atoms with Crippen molar-refractivity contribution in [3.05, 3.63) is 0 Å². The van der Waals surface area contributed by atoms with Gasteiger partial charge in [-0.1, -0.05) is 20.3 Å². The van der Waals surface area contributed by atoms with Crippen molar-refractivity contribution in [1.29, 1.82) is 0 Å². The molecule has 1 aliphatic carbocycles. The summed E-state index contributed by atoms with van der Waals surface area (Å²) >= 11 is 0. The molecule has 2 atom stereocenters. The summed E-state index contributed by atoms with van der Waals surface area (Å²) in [6.45, 7) is 3.96. The van der Waals surface area contributed by atoms with E-state index in [0.717, 1.165) is 25.7 Å². The van der Waals surface area contributed by atoms with Crippen LogP contribution in [0, 0.1) is 17.3 Å². The maximum absolute atomic E-state index is 12.1. The SMILES string of the molecule is CCCC1CCC(C)C12C(=O)NC(=O)NC2=O.[Na+]. The monoisotopic (exact) mass is 261 g/mol. The minimum atomic E-state index is -1.02. The van der Waals surface area contributed by atoms with Gasteiger partial charge in [0.15, 0.2) is 0 Å². The molecular weight excluding hydrogens is 243 g/mol. The van der Waals surface area contributed by atoms with Gasteiger partial charge >= 0.3 is 35.6 Å². The van der Waals surface area contributed by atoms with Crippen LogP contribution in [0.1, 0.15) is 39.5 Å². The number of amides is 4. The van der Waals surface area contributed by atoms with E-state index < -0.39 is 23.3 Å². The Kier molecular flexibility index (Phi) is 4.98. The van der Waals surface area contributed by atoms with Crippen molar-refractivity contribution in [3.8, 4) is 0 Å². The van der Waals surface area contributed by atoms with Gasteiger partial charge in [0.25, 0.3) is 0 Å². The first-order chi connectivity index (χ1) is 8.03. The number of carbonyl (C=O) groups excluding carboxylic acids is 3. The molecule has 1 saturated carbocycles. The van der Waals surface area contributed by atoms with E-state index in [-0.39, 0.29) is 41.4 Å². The molecule has 5 nitrogen and oxygen atoms in total. The average Bonchev–Trinajstić information content (AvgIpc) is 2.55. The Morgan fingerprint density at radius 3 is 2.22 bits per heavy atom. The molecule has 2 fully saturated rings. The Bertz CT molecular complexity index is 362. The average molecular weight is 261 g/mol. The van der Waals surface area contributed by atoms with Crippen molar-refractivity contribution < 1.29 is 43.9 Å². The zero-order valence-corrected chi connectivity index (χ0v) is 13.2. The number of imide groups is 2. The van der Waals surface area contributed by atoms with Crippen molar-refractivity contribution in [1.82, 2.24) is 10.6 Å². The molecule has 2 N–H and O–H groups in total. The smallest absolute Gasteiger partial charge is 0.277 e. The predicted molar refractivity (Wildman–Crippen MR) is 60.9 cm³/mol. The van der Waals surface area contributed by atoms with Crippen LogP contribution in [0.15, 0.2) is 0 Å². The van der Waals surface area contributed by atoms with Gasteiger partial charge in [-0.15, -0.1) is 0 Å².